The minimum atomic E-state index is -0.440. The van der Waals surface area contributed by atoms with Crippen LogP contribution in [0.2, 0.25) is 0 Å². The summed E-state index contributed by atoms with van der Waals surface area (Å²) >= 11 is 0. The summed E-state index contributed by atoms with van der Waals surface area (Å²) in [6.45, 7) is 7.62. The van der Waals surface area contributed by atoms with Gasteiger partial charge < -0.3 is 10.1 Å². The van der Waals surface area contributed by atoms with E-state index in [1.165, 1.54) is 0 Å². The largest absolute Gasteiger partial charge is 0.444 e. The predicted octanol–water partition coefficient (Wildman–Crippen LogP) is 1.47. The van der Waals surface area contributed by atoms with Crippen molar-refractivity contribution in [3.05, 3.63) is 0 Å². The molecule has 0 aromatic heterocycles. The molecule has 92 valence electrons. The second-order valence-corrected chi connectivity index (χ2v) is 4.72. The van der Waals surface area contributed by atoms with Crippen LogP contribution in [0.4, 0.5) is 4.79 Å². The minimum Gasteiger partial charge on any atom is -0.444 e. The van der Waals surface area contributed by atoms with Gasteiger partial charge in [-0.2, -0.15) is 0 Å². The van der Waals surface area contributed by atoms with Crippen LogP contribution in [0.5, 0.6) is 0 Å². The topological polar surface area (TPSA) is 41.6 Å². The first-order valence-corrected chi connectivity index (χ1v) is 5.44. The molecule has 0 aromatic rings. The average Bonchev–Trinajstić information content (AvgIpc) is 2.10. The molecule has 0 spiro atoms. The van der Waals surface area contributed by atoms with E-state index in [1.54, 1.807) is 0 Å². The molecule has 0 atom stereocenters. The third-order valence-electron chi connectivity index (χ3n) is 1.75. The highest BCUT2D eigenvalue weighted by Gasteiger charge is 2.15. The number of ether oxygens (including phenoxy) is 1. The zero-order valence-electron chi connectivity index (χ0n) is 10.7. The second-order valence-electron chi connectivity index (χ2n) is 4.72. The van der Waals surface area contributed by atoms with Crippen LogP contribution in [0.1, 0.15) is 27.2 Å². The maximum atomic E-state index is 11.2. The molecule has 0 aromatic carbocycles. The average molecular weight is 226 g/mol. The molecular weight excluding hydrogens is 204 g/mol. The lowest BCUT2D eigenvalue weighted by atomic mass is 10.2. The quantitative estimate of drug-likeness (QED) is 0.570. The highest BCUT2D eigenvalue weighted by Crippen LogP contribution is 2.06. The van der Waals surface area contributed by atoms with Gasteiger partial charge >= 0.3 is 6.09 Å². The van der Waals surface area contributed by atoms with Crippen molar-refractivity contribution in [1.82, 2.24) is 10.2 Å². The van der Waals surface area contributed by atoms with Gasteiger partial charge in [0.1, 0.15) is 5.60 Å². The number of hydrogen-bond donors (Lipinski definition) is 1. The molecule has 0 rings (SSSR count). The van der Waals surface area contributed by atoms with Gasteiger partial charge in [0.25, 0.3) is 0 Å². The lowest BCUT2D eigenvalue weighted by Gasteiger charge is -2.20. The molecule has 0 radical (unpaired) electrons. The third kappa shape index (κ3) is 9.35. The van der Waals surface area contributed by atoms with E-state index in [1.807, 2.05) is 32.7 Å². The molecule has 0 unspecified atom stereocenters. The standard InChI is InChI=1S/C12H22N2O2/c1-6-9-14(5)10-7-8-13-11(15)16-12(2,3)4/h1H,7-10H2,2-5H3,(H,13,15). The summed E-state index contributed by atoms with van der Waals surface area (Å²) < 4.78 is 5.10. The molecule has 0 bridgehead atoms. The zero-order chi connectivity index (χ0) is 12.6. The number of nitrogens with one attached hydrogen (secondary N) is 1. The van der Waals surface area contributed by atoms with Gasteiger partial charge in [-0.25, -0.2) is 4.79 Å². The lowest BCUT2D eigenvalue weighted by molar-refractivity contribution is 0.0526. The van der Waals surface area contributed by atoms with E-state index < -0.39 is 5.60 Å². The Kier molecular flexibility index (Phi) is 6.59. The van der Waals surface area contributed by atoms with Crippen molar-refractivity contribution < 1.29 is 9.53 Å². The summed E-state index contributed by atoms with van der Waals surface area (Å²) in [5.41, 5.74) is -0.440. The molecule has 0 aliphatic heterocycles. The number of hydrogen-bond acceptors (Lipinski definition) is 3. The summed E-state index contributed by atoms with van der Waals surface area (Å²) in [4.78, 5) is 13.3. The van der Waals surface area contributed by atoms with Crippen molar-refractivity contribution in [3.63, 3.8) is 0 Å². The number of carbonyl (C=O) groups is 1. The van der Waals surface area contributed by atoms with Crippen LogP contribution in [0.15, 0.2) is 0 Å². The van der Waals surface area contributed by atoms with E-state index >= 15 is 0 Å². The van der Waals surface area contributed by atoms with Crippen LogP contribution in [0, 0.1) is 12.3 Å². The molecule has 0 heterocycles. The molecule has 0 aliphatic rings. The summed E-state index contributed by atoms with van der Waals surface area (Å²) in [6, 6.07) is 0. The van der Waals surface area contributed by atoms with Gasteiger partial charge in [0.2, 0.25) is 0 Å². The highest BCUT2D eigenvalue weighted by atomic mass is 16.6. The molecule has 0 saturated carbocycles. The number of nitrogens with zero attached hydrogens (tertiary/aromatic N) is 1. The monoisotopic (exact) mass is 226 g/mol. The second kappa shape index (κ2) is 7.13. The van der Waals surface area contributed by atoms with Crippen molar-refractivity contribution in [2.24, 2.45) is 0 Å². The molecule has 0 fully saturated rings. The first-order chi connectivity index (χ1) is 7.35. The minimum absolute atomic E-state index is 0.368. The van der Waals surface area contributed by atoms with Gasteiger partial charge in [-0.1, -0.05) is 5.92 Å². The van der Waals surface area contributed by atoms with Gasteiger partial charge in [-0.3, -0.25) is 4.90 Å². The van der Waals surface area contributed by atoms with Gasteiger partial charge in [0.05, 0.1) is 6.54 Å². The fraction of sp³-hybridized carbons (Fsp3) is 0.750. The molecule has 16 heavy (non-hydrogen) atoms. The Labute approximate surface area is 98.3 Å². The van der Waals surface area contributed by atoms with Crippen molar-refractivity contribution in [1.29, 1.82) is 0 Å². The third-order valence-corrected chi connectivity index (χ3v) is 1.75. The van der Waals surface area contributed by atoms with Gasteiger partial charge in [-0.05, 0) is 34.2 Å². The maximum absolute atomic E-state index is 11.2. The van der Waals surface area contributed by atoms with Gasteiger partial charge in [0.15, 0.2) is 0 Å². The van der Waals surface area contributed by atoms with E-state index in [4.69, 9.17) is 11.2 Å². The van der Waals surface area contributed by atoms with Crippen LogP contribution in [-0.2, 0) is 4.74 Å². The maximum Gasteiger partial charge on any atom is 0.407 e. The molecule has 4 nitrogen and oxygen atoms in total. The molecule has 1 N–H and O–H groups in total. The van der Waals surface area contributed by atoms with Crippen molar-refractivity contribution >= 4 is 6.09 Å². The Morgan fingerprint density at radius 2 is 2.12 bits per heavy atom. The summed E-state index contributed by atoms with van der Waals surface area (Å²) in [6.07, 6.45) is 5.66. The Morgan fingerprint density at radius 3 is 2.62 bits per heavy atom. The zero-order valence-corrected chi connectivity index (χ0v) is 10.7. The van der Waals surface area contributed by atoms with E-state index in [9.17, 15) is 4.79 Å². The van der Waals surface area contributed by atoms with Crippen molar-refractivity contribution in [2.45, 2.75) is 32.8 Å². The summed E-state index contributed by atoms with van der Waals surface area (Å²) in [7, 11) is 1.95. The fourth-order valence-electron chi connectivity index (χ4n) is 1.09. The summed E-state index contributed by atoms with van der Waals surface area (Å²) in [5.74, 6) is 2.56. The fourth-order valence-corrected chi connectivity index (χ4v) is 1.09. The van der Waals surface area contributed by atoms with Crippen LogP contribution in [0.3, 0.4) is 0 Å². The van der Waals surface area contributed by atoms with Crippen LogP contribution in [-0.4, -0.2) is 43.3 Å². The molecule has 0 saturated heterocycles. The smallest absolute Gasteiger partial charge is 0.407 e. The van der Waals surface area contributed by atoms with Crippen LogP contribution < -0.4 is 5.32 Å². The van der Waals surface area contributed by atoms with Crippen LogP contribution in [0.25, 0.3) is 0 Å². The Bertz CT molecular complexity index is 251. The number of terminal acetylenes is 1. The van der Waals surface area contributed by atoms with E-state index in [-0.39, 0.29) is 6.09 Å². The Hall–Kier alpha value is -1.21. The molecule has 0 aliphatic carbocycles. The normalized spacial score (nSPS) is 11.0. The summed E-state index contributed by atoms with van der Waals surface area (Å²) in [5, 5.41) is 2.70. The lowest BCUT2D eigenvalue weighted by Crippen LogP contribution is -2.34. The molecule has 4 heteroatoms. The first kappa shape index (κ1) is 14.8. The number of carbonyl (C=O) groups excluding carboxylic acids is 1. The first-order valence-electron chi connectivity index (χ1n) is 5.44. The van der Waals surface area contributed by atoms with Crippen molar-refractivity contribution in [2.75, 3.05) is 26.7 Å². The van der Waals surface area contributed by atoms with E-state index in [0.29, 0.717) is 13.1 Å². The van der Waals surface area contributed by atoms with Gasteiger partial charge in [0, 0.05) is 13.1 Å². The van der Waals surface area contributed by atoms with Crippen molar-refractivity contribution in [3.8, 4) is 12.3 Å². The predicted molar refractivity (Wildman–Crippen MR) is 65.2 cm³/mol. The van der Waals surface area contributed by atoms with E-state index in [0.717, 1.165) is 13.0 Å². The molecule has 1 amide bonds. The SMILES string of the molecule is C#CCN(C)CCCNC(=O)OC(C)(C)C. The Balaban J connectivity index is 3.53. The molecular formula is C12H22N2O2. The van der Waals surface area contributed by atoms with Crippen LogP contribution >= 0.6 is 0 Å². The number of alkyl carbamates (subject to hydrolysis) is 1. The number of amides is 1. The Morgan fingerprint density at radius 1 is 1.50 bits per heavy atom. The number of rotatable bonds is 5. The van der Waals surface area contributed by atoms with E-state index in [2.05, 4.69) is 11.2 Å². The van der Waals surface area contributed by atoms with Gasteiger partial charge in [-0.15, -0.1) is 6.42 Å². The highest BCUT2D eigenvalue weighted by molar-refractivity contribution is 5.67.